The Bertz CT molecular complexity index is 609. The monoisotopic (exact) mass is 269 g/mol. The standard InChI is InChI=1S/C16H15NOS/c1-18-14-7-8-15-12(11-14)9-10-17(16(15)19)13-5-3-2-4-6-13/h2-8,11H,9-10H2,1H3. The number of methoxy groups -OCH3 is 1. The molecule has 0 radical (unpaired) electrons. The van der Waals surface area contributed by atoms with Gasteiger partial charge in [-0.05, 0) is 42.3 Å². The number of hydrogen-bond acceptors (Lipinski definition) is 2. The summed E-state index contributed by atoms with van der Waals surface area (Å²) in [5.41, 5.74) is 3.58. The third-order valence-electron chi connectivity index (χ3n) is 3.46. The molecule has 0 unspecified atom stereocenters. The average Bonchev–Trinajstić information content (AvgIpc) is 2.48. The van der Waals surface area contributed by atoms with Crippen molar-refractivity contribution in [3.05, 3.63) is 59.7 Å². The van der Waals surface area contributed by atoms with Gasteiger partial charge in [0.05, 0.1) is 7.11 Å². The lowest BCUT2D eigenvalue weighted by atomic mass is 9.99. The molecular weight excluding hydrogens is 254 g/mol. The molecule has 19 heavy (non-hydrogen) atoms. The van der Waals surface area contributed by atoms with Crippen molar-refractivity contribution in [1.82, 2.24) is 0 Å². The van der Waals surface area contributed by atoms with Crippen LogP contribution in [0.25, 0.3) is 0 Å². The van der Waals surface area contributed by atoms with E-state index in [-0.39, 0.29) is 0 Å². The Morgan fingerprint density at radius 2 is 1.89 bits per heavy atom. The Kier molecular flexibility index (Phi) is 3.22. The molecule has 2 aromatic rings. The molecule has 0 bridgehead atoms. The molecule has 3 rings (SSSR count). The fourth-order valence-electron chi connectivity index (χ4n) is 2.45. The fraction of sp³-hybridized carbons (Fsp3) is 0.188. The number of para-hydroxylation sites is 1. The summed E-state index contributed by atoms with van der Waals surface area (Å²) in [4.78, 5) is 3.10. The lowest BCUT2D eigenvalue weighted by Gasteiger charge is -2.31. The minimum absolute atomic E-state index is 0.898. The summed E-state index contributed by atoms with van der Waals surface area (Å²) in [6.07, 6.45) is 0.988. The van der Waals surface area contributed by atoms with Gasteiger partial charge in [-0.2, -0.15) is 0 Å². The van der Waals surface area contributed by atoms with E-state index in [9.17, 15) is 0 Å². The largest absolute Gasteiger partial charge is 0.497 e. The summed E-state index contributed by atoms with van der Waals surface area (Å²) < 4.78 is 5.27. The van der Waals surface area contributed by atoms with Gasteiger partial charge in [0.15, 0.2) is 0 Å². The van der Waals surface area contributed by atoms with Crippen molar-refractivity contribution in [2.45, 2.75) is 6.42 Å². The van der Waals surface area contributed by atoms with E-state index >= 15 is 0 Å². The zero-order valence-corrected chi connectivity index (χ0v) is 11.6. The predicted octanol–water partition coefficient (Wildman–Crippen LogP) is 3.43. The Balaban J connectivity index is 1.97. The van der Waals surface area contributed by atoms with Gasteiger partial charge in [-0.1, -0.05) is 30.4 Å². The first-order valence-corrected chi connectivity index (χ1v) is 6.74. The Morgan fingerprint density at radius 1 is 1.11 bits per heavy atom. The van der Waals surface area contributed by atoms with Crippen molar-refractivity contribution in [2.75, 3.05) is 18.6 Å². The first kappa shape index (κ1) is 12.2. The van der Waals surface area contributed by atoms with Crippen LogP contribution in [0.1, 0.15) is 11.1 Å². The Labute approximate surface area is 118 Å². The molecule has 1 aliphatic heterocycles. The molecule has 1 heterocycles. The molecule has 0 aliphatic carbocycles. The molecule has 0 saturated heterocycles. The Hall–Kier alpha value is -1.87. The minimum atomic E-state index is 0.898. The molecule has 0 spiro atoms. The smallest absolute Gasteiger partial charge is 0.119 e. The molecular formula is C16H15NOS. The van der Waals surface area contributed by atoms with Crippen LogP contribution in [0.5, 0.6) is 5.75 Å². The van der Waals surface area contributed by atoms with Crippen LogP contribution in [0.4, 0.5) is 5.69 Å². The second-order valence-corrected chi connectivity index (χ2v) is 4.95. The van der Waals surface area contributed by atoms with Crippen molar-refractivity contribution in [3.8, 4) is 5.75 Å². The van der Waals surface area contributed by atoms with E-state index in [2.05, 4.69) is 29.2 Å². The first-order valence-electron chi connectivity index (χ1n) is 6.33. The molecule has 0 aromatic heterocycles. The molecule has 2 aromatic carbocycles. The van der Waals surface area contributed by atoms with E-state index in [4.69, 9.17) is 17.0 Å². The number of fused-ring (bicyclic) bond motifs is 1. The molecule has 1 aliphatic rings. The van der Waals surface area contributed by atoms with Crippen LogP contribution in [0.15, 0.2) is 48.5 Å². The van der Waals surface area contributed by atoms with Gasteiger partial charge in [-0.15, -0.1) is 0 Å². The first-order chi connectivity index (χ1) is 9.29. The molecule has 3 heteroatoms. The second-order valence-electron chi connectivity index (χ2n) is 4.57. The summed E-state index contributed by atoms with van der Waals surface area (Å²) in [5.74, 6) is 0.898. The summed E-state index contributed by atoms with van der Waals surface area (Å²) in [5, 5.41) is 0. The van der Waals surface area contributed by atoms with Crippen LogP contribution in [-0.2, 0) is 6.42 Å². The quantitative estimate of drug-likeness (QED) is 0.775. The van der Waals surface area contributed by atoms with Gasteiger partial charge in [0.2, 0.25) is 0 Å². The van der Waals surface area contributed by atoms with Gasteiger partial charge in [-0.3, -0.25) is 0 Å². The van der Waals surface area contributed by atoms with Gasteiger partial charge < -0.3 is 9.64 Å². The average molecular weight is 269 g/mol. The minimum Gasteiger partial charge on any atom is -0.497 e. The molecule has 2 nitrogen and oxygen atoms in total. The molecule has 0 atom stereocenters. The number of benzene rings is 2. The highest BCUT2D eigenvalue weighted by atomic mass is 32.1. The van der Waals surface area contributed by atoms with Crippen LogP contribution in [0.2, 0.25) is 0 Å². The fourth-order valence-corrected chi connectivity index (χ4v) is 2.84. The third kappa shape index (κ3) is 2.22. The zero-order valence-electron chi connectivity index (χ0n) is 10.8. The van der Waals surface area contributed by atoms with Gasteiger partial charge in [0.1, 0.15) is 10.7 Å². The summed E-state index contributed by atoms with van der Waals surface area (Å²) >= 11 is 5.63. The van der Waals surface area contributed by atoms with Crippen molar-refractivity contribution in [3.63, 3.8) is 0 Å². The van der Waals surface area contributed by atoms with Crippen molar-refractivity contribution in [1.29, 1.82) is 0 Å². The maximum absolute atomic E-state index is 5.63. The number of ether oxygens (including phenoxy) is 1. The number of thiocarbonyl (C=S) groups is 1. The molecule has 0 amide bonds. The maximum Gasteiger partial charge on any atom is 0.119 e. The number of rotatable bonds is 2. The van der Waals surface area contributed by atoms with Crippen LogP contribution in [-0.4, -0.2) is 18.6 Å². The zero-order chi connectivity index (χ0) is 13.2. The summed E-state index contributed by atoms with van der Waals surface area (Å²) in [6, 6.07) is 16.4. The van der Waals surface area contributed by atoms with Gasteiger partial charge in [0.25, 0.3) is 0 Å². The van der Waals surface area contributed by atoms with Crippen molar-refractivity contribution < 1.29 is 4.74 Å². The lowest BCUT2D eigenvalue weighted by molar-refractivity contribution is 0.414. The Morgan fingerprint density at radius 3 is 2.63 bits per heavy atom. The van der Waals surface area contributed by atoms with Gasteiger partial charge in [0, 0.05) is 17.8 Å². The van der Waals surface area contributed by atoms with E-state index in [1.54, 1.807) is 7.11 Å². The lowest BCUT2D eigenvalue weighted by Crippen LogP contribution is -2.36. The molecule has 96 valence electrons. The maximum atomic E-state index is 5.63. The highest BCUT2D eigenvalue weighted by Crippen LogP contribution is 2.27. The normalized spacial score (nSPS) is 14.2. The third-order valence-corrected chi connectivity index (χ3v) is 3.90. The van der Waals surface area contributed by atoms with Crippen LogP contribution in [0, 0.1) is 0 Å². The number of anilines is 1. The van der Waals surface area contributed by atoms with Crippen LogP contribution in [0.3, 0.4) is 0 Å². The van der Waals surface area contributed by atoms with E-state index in [1.165, 1.54) is 5.56 Å². The SMILES string of the molecule is COc1ccc2c(c1)CCN(c1ccccc1)C2=S. The van der Waals surface area contributed by atoms with E-state index in [1.807, 2.05) is 24.3 Å². The highest BCUT2D eigenvalue weighted by molar-refractivity contribution is 7.81. The number of hydrogen-bond donors (Lipinski definition) is 0. The topological polar surface area (TPSA) is 12.5 Å². The molecule has 0 fully saturated rings. The van der Waals surface area contributed by atoms with Crippen LogP contribution >= 0.6 is 12.2 Å². The van der Waals surface area contributed by atoms with Crippen molar-refractivity contribution in [2.24, 2.45) is 0 Å². The van der Waals surface area contributed by atoms with E-state index < -0.39 is 0 Å². The summed E-state index contributed by atoms with van der Waals surface area (Å²) in [6.45, 7) is 0.920. The van der Waals surface area contributed by atoms with Crippen molar-refractivity contribution >= 4 is 22.9 Å². The van der Waals surface area contributed by atoms with Gasteiger partial charge >= 0.3 is 0 Å². The van der Waals surface area contributed by atoms with Crippen LogP contribution < -0.4 is 9.64 Å². The van der Waals surface area contributed by atoms with E-state index in [0.717, 1.165) is 35.0 Å². The molecule has 0 saturated carbocycles. The highest BCUT2D eigenvalue weighted by Gasteiger charge is 2.22. The van der Waals surface area contributed by atoms with Gasteiger partial charge in [-0.25, -0.2) is 0 Å². The second kappa shape index (κ2) is 5.02. The molecule has 0 N–H and O–H groups in total. The van der Waals surface area contributed by atoms with E-state index in [0.29, 0.717) is 0 Å². The summed E-state index contributed by atoms with van der Waals surface area (Å²) in [7, 11) is 1.69. The predicted molar refractivity (Wildman–Crippen MR) is 82.2 cm³/mol. The number of nitrogens with zero attached hydrogens (tertiary/aromatic N) is 1.